The van der Waals surface area contributed by atoms with Crippen LogP contribution in [0.4, 0.5) is 5.69 Å². The largest absolute Gasteiger partial charge is 0.487 e. The van der Waals surface area contributed by atoms with E-state index in [1.165, 1.54) is 16.1 Å². The summed E-state index contributed by atoms with van der Waals surface area (Å²) in [7, 11) is 1.70. The molecule has 0 spiro atoms. The van der Waals surface area contributed by atoms with Gasteiger partial charge in [-0.25, -0.2) is 0 Å². The van der Waals surface area contributed by atoms with E-state index < -0.39 is 0 Å². The fraction of sp³-hybridized carbons (Fsp3) is 0.231. The van der Waals surface area contributed by atoms with Gasteiger partial charge in [0, 0.05) is 17.1 Å². The van der Waals surface area contributed by atoms with Gasteiger partial charge in [0.1, 0.15) is 0 Å². The van der Waals surface area contributed by atoms with E-state index in [9.17, 15) is 0 Å². The maximum Gasteiger partial charge on any atom is 0.173 e. The molecule has 0 aliphatic rings. The fourth-order valence-corrected chi connectivity index (χ4v) is 2.27. The number of rotatable bonds is 4. The number of anilines is 1. The number of aryl methyl sites for hydroxylation is 1. The molecular formula is C13H15NOS. The lowest BCUT2D eigenvalue weighted by Gasteiger charge is -2.07. The van der Waals surface area contributed by atoms with Crippen molar-refractivity contribution in [3.05, 3.63) is 46.8 Å². The first-order valence-corrected chi connectivity index (χ1v) is 6.03. The summed E-state index contributed by atoms with van der Waals surface area (Å²) in [6.45, 7) is 2.95. The third-order valence-electron chi connectivity index (χ3n) is 2.44. The van der Waals surface area contributed by atoms with Crippen molar-refractivity contribution in [2.45, 2.75) is 13.5 Å². The first kappa shape index (κ1) is 11.0. The molecule has 0 aliphatic heterocycles. The van der Waals surface area contributed by atoms with Crippen molar-refractivity contribution in [3.8, 4) is 5.06 Å². The highest BCUT2D eigenvalue weighted by molar-refractivity contribution is 7.13. The molecule has 1 N–H and O–H groups in total. The molecule has 1 aromatic carbocycles. The third kappa shape index (κ3) is 2.55. The van der Waals surface area contributed by atoms with Crippen LogP contribution in [0, 0.1) is 6.92 Å². The van der Waals surface area contributed by atoms with Gasteiger partial charge in [-0.05, 0) is 30.7 Å². The highest BCUT2D eigenvalue weighted by Gasteiger charge is 2.00. The smallest absolute Gasteiger partial charge is 0.173 e. The number of nitrogens with one attached hydrogen (secondary N) is 1. The minimum Gasteiger partial charge on any atom is -0.487 e. The number of ether oxygens (including phenoxy) is 1. The maximum atomic E-state index is 5.16. The summed E-state index contributed by atoms with van der Waals surface area (Å²) in [5.41, 5.74) is 2.46. The first-order chi connectivity index (χ1) is 7.79. The van der Waals surface area contributed by atoms with E-state index in [4.69, 9.17) is 4.74 Å². The molecule has 84 valence electrons. The third-order valence-corrected chi connectivity index (χ3v) is 3.48. The van der Waals surface area contributed by atoms with Gasteiger partial charge in [-0.15, -0.1) is 11.3 Å². The highest BCUT2D eigenvalue weighted by Crippen LogP contribution is 2.25. The fourth-order valence-electron chi connectivity index (χ4n) is 1.52. The van der Waals surface area contributed by atoms with Gasteiger partial charge in [0.25, 0.3) is 0 Å². The van der Waals surface area contributed by atoms with Crippen LogP contribution in [0.5, 0.6) is 5.06 Å². The second-order valence-electron chi connectivity index (χ2n) is 3.59. The Morgan fingerprint density at radius 2 is 2.00 bits per heavy atom. The molecule has 0 radical (unpaired) electrons. The van der Waals surface area contributed by atoms with Crippen molar-refractivity contribution in [3.63, 3.8) is 0 Å². The summed E-state index contributed by atoms with van der Waals surface area (Å²) in [6.07, 6.45) is 0. The van der Waals surface area contributed by atoms with E-state index in [1.807, 2.05) is 12.1 Å². The normalized spacial score (nSPS) is 10.1. The van der Waals surface area contributed by atoms with Crippen LogP contribution in [0.2, 0.25) is 0 Å². The molecule has 0 fully saturated rings. The van der Waals surface area contributed by atoms with E-state index in [0.717, 1.165) is 11.6 Å². The average molecular weight is 233 g/mol. The van der Waals surface area contributed by atoms with Gasteiger partial charge < -0.3 is 10.1 Å². The number of hydrogen-bond acceptors (Lipinski definition) is 3. The van der Waals surface area contributed by atoms with Crippen LogP contribution in [0.15, 0.2) is 36.4 Å². The van der Waals surface area contributed by atoms with Gasteiger partial charge in [-0.1, -0.05) is 18.2 Å². The predicted octanol–water partition coefficient (Wildman–Crippen LogP) is 3.68. The SMILES string of the molecule is COc1ccc(CNc2ccccc2C)s1. The second-order valence-corrected chi connectivity index (χ2v) is 4.72. The number of methoxy groups -OCH3 is 1. The van der Waals surface area contributed by atoms with Crippen LogP contribution in [0.25, 0.3) is 0 Å². The molecule has 0 aliphatic carbocycles. The van der Waals surface area contributed by atoms with Gasteiger partial charge in [0.05, 0.1) is 7.11 Å². The molecule has 0 amide bonds. The minimum atomic E-state index is 0.846. The summed E-state index contributed by atoms with van der Waals surface area (Å²) in [5.74, 6) is 0. The first-order valence-electron chi connectivity index (χ1n) is 5.22. The lowest BCUT2D eigenvalue weighted by Crippen LogP contribution is -1.98. The van der Waals surface area contributed by atoms with E-state index in [-0.39, 0.29) is 0 Å². The zero-order chi connectivity index (χ0) is 11.4. The van der Waals surface area contributed by atoms with Crippen molar-refractivity contribution in [1.29, 1.82) is 0 Å². The van der Waals surface area contributed by atoms with Gasteiger partial charge >= 0.3 is 0 Å². The van der Waals surface area contributed by atoms with Crippen LogP contribution in [0.3, 0.4) is 0 Å². The number of benzene rings is 1. The predicted molar refractivity (Wildman–Crippen MR) is 69.4 cm³/mol. The van der Waals surface area contributed by atoms with E-state index in [2.05, 4.69) is 36.5 Å². The Bertz CT molecular complexity index is 464. The average Bonchev–Trinajstić information content (AvgIpc) is 2.76. The molecule has 0 saturated carbocycles. The van der Waals surface area contributed by atoms with Gasteiger partial charge in [-0.2, -0.15) is 0 Å². The Labute approximate surface area is 99.9 Å². The topological polar surface area (TPSA) is 21.3 Å². The number of hydrogen-bond donors (Lipinski definition) is 1. The molecule has 3 heteroatoms. The standard InChI is InChI=1S/C13H15NOS/c1-10-5-3-4-6-12(10)14-9-11-7-8-13(15-2)16-11/h3-8,14H,9H2,1-2H3. The molecule has 0 unspecified atom stereocenters. The summed E-state index contributed by atoms with van der Waals surface area (Å²) in [5, 5.41) is 4.38. The summed E-state index contributed by atoms with van der Waals surface area (Å²) in [6, 6.07) is 12.4. The van der Waals surface area contributed by atoms with Gasteiger partial charge in [0.15, 0.2) is 5.06 Å². The Morgan fingerprint density at radius 3 is 2.69 bits per heavy atom. The highest BCUT2D eigenvalue weighted by atomic mass is 32.1. The second kappa shape index (κ2) is 5.03. The minimum absolute atomic E-state index is 0.846. The van der Waals surface area contributed by atoms with Crippen molar-refractivity contribution >= 4 is 17.0 Å². The Kier molecular flexibility index (Phi) is 3.47. The molecule has 0 saturated heterocycles. The molecule has 2 aromatic rings. The summed E-state index contributed by atoms with van der Waals surface area (Å²) < 4.78 is 5.16. The Morgan fingerprint density at radius 1 is 1.19 bits per heavy atom. The van der Waals surface area contributed by atoms with Crippen LogP contribution < -0.4 is 10.1 Å². The Balaban J connectivity index is 1.99. The van der Waals surface area contributed by atoms with Crippen molar-refractivity contribution < 1.29 is 4.74 Å². The van der Waals surface area contributed by atoms with Crippen molar-refractivity contribution in [2.24, 2.45) is 0 Å². The summed E-state index contributed by atoms with van der Waals surface area (Å²) in [4.78, 5) is 1.28. The lowest BCUT2D eigenvalue weighted by molar-refractivity contribution is 0.427. The van der Waals surface area contributed by atoms with Crippen LogP contribution in [-0.4, -0.2) is 7.11 Å². The van der Waals surface area contributed by atoms with E-state index in [1.54, 1.807) is 18.4 Å². The summed E-state index contributed by atoms with van der Waals surface area (Å²) >= 11 is 1.67. The molecule has 16 heavy (non-hydrogen) atoms. The molecule has 1 heterocycles. The van der Waals surface area contributed by atoms with Crippen LogP contribution in [-0.2, 0) is 6.54 Å². The monoisotopic (exact) mass is 233 g/mol. The van der Waals surface area contributed by atoms with Crippen molar-refractivity contribution in [2.75, 3.05) is 12.4 Å². The molecular weight excluding hydrogens is 218 g/mol. The van der Waals surface area contributed by atoms with Gasteiger partial charge in [-0.3, -0.25) is 0 Å². The van der Waals surface area contributed by atoms with Crippen molar-refractivity contribution in [1.82, 2.24) is 0 Å². The van der Waals surface area contributed by atoms with Gasteiger partial charge in [0.2, 0.25) is 0 Å². The van der Waals surface area contributed by atoms with E-state index >= 15 is 0 Å². The molecule has 0 atom stereocenters. The molecule has 1 aromatic heterocycles. The van der Waals surface area contributed by atoms with Crippen LogP contribution in [0.1, 0.15) is 10.4 Å². The number of thiophene rings is 1. The number of para-hydroxylation sites is 1. The Hall–Kier alpha value is -1.48. The quantitative estimate of drug-likeness (QED) is 0.869. The zero-order valence-corrected chi connectivity index (χ0v) is 10.3. The lowest BCUT2D eigenvalue weighted by atomic mass is 10.2. The molecule has 2 nitrogen and oxygen atoms in total. The maximum absolute atomic E-state index is 5.16. The zero-order valence-electron chi connectivity index (χ0n) is 9.49. The van der Waals surface area contributed by atoms with E-state index in [0.29, 0.717) is 0 Å². The molecule has 2 rings (SSSR count). The molecule has 0 bridgehead atoms. The van der Waals surface area contributed by atoms with Crippen LogP contribution >= 0.6 is 11.3 Å².